The molecule has 0 amide bonds. The van der Waals surface area contributed by atoms with E-state index in [2.05, 4.69) is 0 Å². The maximum atomic E-state index is 13.5. The molecular weight excluding hydrogens is 356 g/mol. The largest absolute Gasteiger partial charge is 0.264 e. The van der Waals surface area contributed by atoms with Gasteiger partial charge in [-0.1, -0.05) is 29.8 Å². The van der Waals surface area contributed by atoms with E-state index in [1.807, 2.05) is 6.92 Å². The second-order valence-corrected chi connectivity index (χ2v) is 7.79. The number of anilines is 1. The van der Waals surface area contributed by atoms with Gasteiger partial charge in [0.15, 0.2) is 0 Å². The van der Waals surface area contributed by atoms with E-state index < -0.39 is 21.7 Å². The Morgan fingerprint density at radius 3 is 2.12 bits per heavy atom. The molecule has 0 bridgehead atoms. The zero-order chi connectivity index (χ0) is 18.7. The molecule has 0 aliphatic heterocycles. The summed E-state index contributed by atoms with van der Waals surface area (Å²) in [7, 11) is -3.91. The third kappa shape index (κ3) is 3.91. The van der Waals surface area contributed by atoms with Crippen LogP contribution in [-0.4, -0.2) is 8.42 Å². The molecule has 0 aromatic heterocycles. The molecule has 0 saturated heterocycles. The molecule has 3 nitrogen and oxygen atoms in total. The van der Waals surface area contributed by atoms with Crippen LogP contribution in [0.15, 0.2) is 77.7 Å². The van der Waals surface area contributed by atoms with Crippen molar-refractivity contribution in [3.63, 3.8) is 0 Å². The van der Waals surface area contributed by atoms with Gasteiger partial charge >= 0.3 is 0 Å². The number of nitrogens with zero attached hydrogens (tertiary/aromatic N) is 1. The summed E-state index contributed by atoms with van der Waals surface area (Å²) < 4.78 is 54.3. The van der Waals surface area contributed by atoms with Crippen LogP contribution < -0.4 is 4.31 Å². The van der Waals surface area contributed by atoms with E-state index in [0.717, 1.165) is 9.87 Å². The fourth-order valence-corrected chi connectivity index (χ4v) is 4.01. The lowest BCUT2D eigenvalue weighted by atomic mass is 10.2. The Bertz CT molecular complexity index is 1000. The molecule has 0 saturated carbocycles. The summed E-state index contributed by atoms with van der Waals surface area (Å²) in [6, 6.07) is 17.4. The highest BCUT2D eigenvalue weighted by Crippen LogP contribution is 2.26. The molecule has 0 aliphatic rings. The first kappa shape index (κ1) is 18.1. The summed E-state index contributed by atoms with van der Waals surface area (Å²) in [5, 5.41) is 0. The van der Waals surface area contributed by atoms with Gasteiger partial charge in [0.2, 0.25) is 0 Å². The van der Waals surface area contributed by atoms with Gasteiger partial charge < -0.3 is 0 Å². The molecule has 0 fully saturated rings. The normalized spacial score (nSPS) is 11.3. The van der Waals surface area contributed by atoms with Crippen molar-refractivity contribution in [2.24, 2.45) is 0 Å². The lowest BCUT2D eigenvalue weighted by Gasteiger charge is -2.25. The zero-order valence-corrected chi connectivity index (χ0v) is 14.9. The van der Waals surface area contributed by atoms with Crippen LogP contribution >= 0.6 is 0 Å². The van der Waals surface area contributed by atoms with Gasteiger partial charge in [-0.25, -0.2) is 17.2 Å². The highest BCUT2D eigenvalue weighted by Gasteiger charge is 2.25. The number of sulfonamides is 1. The predicted molar refractivity (Wildman–Crippen MR) is 97.3 cm³/mol. The van der Waals surface area contributed by atoms with Crippen LogP contribution in [-0.2, 0) is 16.6 Å². The van der Waals surface area contributed by atoms with Crippen molar-refractivity contribution in [3.8, 4) is 0 Å². The number of rotatable bonds is 5. The number of hydrogen-bond donors (Lipinski definition) is 0. The zero-order valence-electron chi connectivity index (χ0n) is 14.1. The van der Waals surface area contributed by atoms with E-state index in [1.54, 1.807) is 18.2 Å². The number of hydrogen-bond acceptors (Lipinski definition) is 2. The van der Waals surface area contributed by atoms with E-state index in [9.17, 15) is 17.2 Å². The van der Waals surface area contributed by atoms with E-state index in [4.69, 9.17) is 0 Å². The van der Waals surface area contributed by atoms with Crippen LogP contribution in [0.3, 0.4) is 0 Å². The molecule has 3 aromatic rings. The number of benzene rings is 3. The molecular formula is C20H17F2NO2S. The van der Waals surface area contributed by atoms with Crippen LogP contribution in [0.5, 0.6) is 0 Å². The maximum absolute atomic E-state index is 13.5. The fourth-order valence-electron chi connectivity index (χ4n) is 2.56. The Balaban J connectivity index is 2.07. The van der Waals surface area contributed by atoms with Crippen LogP contribution in [0.1, 0.15) is 11.1 Å². The van der Waals surface area contributed by atoms with Gasteiger partial charge in [0, 0.05) is 0 Å². The average molecular weight is 373 g/mol. The van der Waals surface area contributed by atoms with Gasteiger partial charge in [-0.2, -0.15) is 0 Å². The predicted octanol–water partition coefficient (Wildman–Crippen LogP) is 4.67. The molecule has 3 aromatic carbocycles. The van der Waals surface area contributed by atoms with Crippen LogP contribution in [0.2, 0.25) is 0 Å². The SMILES string of the molecule is Cc1ccc(S(=O)(=O)N(Cc2cccc(F)c2)c2ccc(F)cc2)cc1. The van der Waals surface area contributed by atoms with Gasteiger partial charge in [0.25, 0.3) is 10.0 Å². The molecule has 0 aliphatic carbocycles. The lowest BCUT2D eigenvalue weighted by molar-refractivity contribution is 0.589. The molecule has 0 unspecified atom stereocenters. The number of aryl methyl sites for hydroxylation is 1. The first-order valence-corrected chi connectivity index (χ1v) is 9.40. The minimum absolute atomic E-state index is 0.0698. The first-order valence-electron chi connectivity index (χ1n) is 7.96. The summed E-state index contributed by atoms with van der Waals surface area (Å²) in [5.74, 6) is -0.915. The molecule has 6 heteroatoms. The van der Waals surface area contributed by atoms with Crippen molar-refractivity contribution in [1.82, 2.24) is 0 Å². The van der Waals surface area contributed by atoms with Crippen molar-refractivity contribution in [2.75, 3.05) is 4.31 Å². The van der Waals surface area contributed by atoms with Crippen LogP contribution in [0, 0.1) is 18.6 Å². The Morgan fingerprint density at radius 1 is 0.846 bits per heavy atom. The Morgan fingerprint density at radius 2 is 1.50 bits per heavy atom. The van der Waals surface area contributed by atoms with Crippen molar-refractivity contribution < 1.29 is 17.2 Å². The smallest absolute Gasteiger partial charge is 0.262 e. The molecule has 0 N–H and O–H groups in total. The summed E-state index contributed by atoms with van der Waals surface area (Å²) >= 11 is 0. The highest BCUT2D eigenvalue weighted by molar-refractivity contribution is 7.92. The third-order valence-corrected chi connectivity index (χ3v) is 5.73. The molecule has 0 heterocycles. The Hall–Kier alpha value is -2.73. The molecule has 0 radical (unpaired) electrons. The van der Waals surface area contributed by atoms with Gasteiger partial charge in [0.1, 0.15) is 11.6 Å². The van der Waals surface area contributed by atoms with E-state index in [-0.39, 0.29) is 11.4 Å². The van der Waals surface area contributed by atoms with E-state index >= 15 is 0 Å². The standard InChI is InChI=1S/C20H17F2NO2S/c1-15-5-11-20(12-6-15)26(24,25)23(19-9-7-17(21)8-10-19)14-16-3-2-4-18(22)13-16/h2-13H,14H2,1H3. The molecule has 26 heavy (non-hydrogen) atoms. The Kier molecular flexibility index (Phi) is 5.04. The topological polar surface area (TPSA) is 37.4 Å². The van der Waals surface area contributed by atoms with Crippen molar-refractivity contribution in [2.45, 2.75) is 18.4 Å². The fraction of sp³-hybridized carbons (Fsp3) is 0.100. The minimum atomic E-state index is -3.91. The van der Waals surface area contributed by atoms with Gasteiger partial charge in [-0.05, 0) is 61.0 Å². The van der Waals surface area contributed by atoms with Gasteiger partial charge in [-0.15, -0.1) is 0 Å². The maximum Gasteiger partial charge on any atom is 0.264 e. The van der Waals surface area contributed by atoms with Crippen molar-refractivity contribution in [3.05, 3.63) is 95.6 Å². The van der Waals surface area contributed by atoms with Crippen LogP contribution in [0.4, 0.5) is 14.5 Å². The monoisotopic (exact) mass is 373 g/mol. The second kappa shape index (κ2) is 7.25. The summed E-state index contributed by atoms with van der Waals surface area (Å²) in [5.41, 5.74) is 1.73. The van der Waals surface area contributed by atoms with Crippen LogP contribution in [0.25, 0.3) is 0 Å². The molecule has 134 valence electrons. The first-order chi connectivity index (χ1) is 12.4. The van der Waals surface area contributed by atoms with E-state index in [1.165, 1.54) is 54.6 Å². The number of halogens is 2. The summed E-state index contributed by atoms with van der Waals surface area (Å²) in [6.07, 6.45) is 0. The average Bonchev–Trinajstić information content (AvgIpc) is 2.61. The van der Waals surface area contributed by atoms with E-state index in [0.29, 0.717) is 11.3 Å². The highest BCUT2D eigenvalue weighted by atomic mass is 32.2. The lowest BCUT2D eigenvalue weighted by Crippen LogP contribution is -2.30. The second-order valence-electron chi connectivity index (χ2n) is 5.93. The molecule has 0 spiro atoms. The quantitative estimate of drug-likeness (QED) is 0.652. The van der Waals surface area contributed by atoms with Gasteiger partial charge in [-0.3, -0.25) is 4.31 Å². The summed E-state index contributed by atoms with van der Waals surface area (Å²) in [4.78, 5) is 0.115. The summed E-state index contributed by atoms with van der Waals surface area (Å²) in [6.45, 7) is 1.79. The van der Waals surface area contributed by atoms with Crippen molar-refractivity contribution in [1.29, 1.82) is 0 Å². The van der Waals surface area contributed by atoms with Crippen molar-refractivity contribution >= 4 is 15.7 Å². The third-order valence-electron chi connectivity index (χ3n) is 3.94. The minimum Gasteiger partial charge on any atom is -0.262 e. The van der Waals surface area contributed by atoms with Gasteiger partial charge in [0.05, 0.1) is 17.1 Å². The molecule has 3 rings (SSSR count). The molecule has 0 atom stereocenters. The Labute approximate surface area is 151 Å².